The summed E-state index contributed by atoms with van der Waals surface area (Å²) in [5, 5.41) is 12.4. The Kier molecular flexibility index (Phi) is 5.78. The lowest BCUT2D eigenvalue weighted by atomic mass is 9.85. The second-order valence-electron chi connectivity index (χ2n) is 7.14. The maximum Gasteiger partial charge on any atom is 0.256 e. The number of hydrogen-bond acceptors (Lipinski definition) is 3. The van der Waals surface area contributed by atoms with Crippen molar-refractivity contribution in [1.82, 2.24) is 20.8 Å². The molecular weight excluding hydrogens is 417 g/mol. The van der Waals surface area contributed by atoms with Crippen LogP contribution in [-0.2, 0) is 0 Å². The van der Waals surface area contributed by atoms with Gasteiger partial charge in [0.1, 0.15) is 5.82 Å². The van der Waals surface area contributed by atoms with Crippen molar-refractivity contribution in [1.29, 1.82) is 0 Å². The zero-order chi connectivity index (χ0) is 21.3. The summed E-state index contributed by atoms with van der Waals surface area (Å²) in [4.78, 5) is 12.8. The molecule has 0 radical (unpaired) electrons. The third-order valence-electron chi connectivity index (χ3n) is 5.25. The Morgan fingerprint density at radius 3 is 2.63 bits per heavy atom. The highest BCUT2D eigenvalue weighted by molar-refractivity contribution is 6.34. The third kappa shape index (κ3) is 4.06. The average molecular weight is 435 g/mol. The Morgan fingerprint density at radius 1 is 1.10 bits per heavy atom. The fraction of sp³-hybridized carbons (Fsp3) is 0.238. The normalized spacial score (nSPS) is 18.9. The van der Waals surface area contributed by atoms with Gasteiger partial charge in [-0.25, -0.2) is 13.2 Å². The Morgan fingerprint density at radius 2 is 1.93 bits per heavy atom. The van der Waals surface area contributed by atoms with Crippen molar-refractivity contribution in [3.8, 4) is 11.3 Å². The summed E-state index contributed by atoms with van der Waals surface area (Å²) in [7, 11) is 0. The summed E-state index contributed by atoms with van der Waals surface area (Å²) in [5.41, 5.74) is 1.33. The fourth-order valence-electron chi connectivity index (χ4n) is 3.75. The number of nitrogens with zero attached hydrogens (tertiary/aromatic N) is 1. The summed E-state index contributed by atoms with van der Waals surface area (Å²) in [6.07, 6.45) is 2.13. The number of rotatable bonds is 4. The van der Waals surface area contributed by atoms with Crippen LogP contribution in [0.4, 0.5) is 13.2 Å². The molecule has 0 bridgehead atoms. The van der Waals surface area contributed by atoms with E-state index in [1.807, 2.05) is 0 Å². The van der Waals surface area contributed by atoms with Gasteiger partial charge in [-0.05, 0) is 48.9 Å². The van der Waals surface area contributed by atoms with Crippen molar-refractivity contribution in [3.05, 3.63) is 76.2 Å². The van der Waals surface area contributed by atoms with E-state index in [2.05, 4.69) is 20.8 Å². The van der Waals surface area contributed by atoms with Crippen LogP contribution in [-0.4, -0.2) is 35.2 Å². The molecule has 1 aromatic heterocycles. The summed E-state index contributed by atoms with van der Waals surface area (Å²) in [6, 6.07) is 7.61. The highest BCUT2D eigenvalue weighted by Gasteiger charge is 2.30. The van der Waals surface area contributed by atoms with Crippen LogP contribution in [0.25, 0.3) is 11.3 Å². The van der Waals surface area contributed by atoms with Gasteiger partial charge in [0, 0.05) is 30.3 Å². The van der Waals surface area contributed by atoms with Crippen LogP contribution in [0.1, 0.15) is 28.3 Å². The van der Waals surface area contributed by atoms with Gasteiger partial charge in [0.05, 0.1) is 16.3 Å². The van der Waals surface area contributed by atoms with Gasteiger partial charge in [0.15, 0.2) is 11.6 Å². The first-order valence-corrected chi connectivity index (χ1v) is 9.77. The van der Waals surface area contributed by atoms with Gasteiger partial charge < -0.3 is 10.6 Å². The Bertz CT molecular complexity index is 1050. The molecule has 2 aromatic carbocycles. The van der Waals surface area contributed by atoms with Crippen LogP contribution in [0.3, 0.4) is 0 Å². The van der Waals surface area contributed by atoms with E-state index in [1.165, 1.54) is 24.4 Å². The van der Waals surface area contributed by atoms with E-state index >= 15 is 0 Å². The molecule has 0 unspecified atom stereocenters. The molecule has 1 aliphatic heterocycles. The predicted octanol–water partition coefficient (Wildman–Crippen LogP) is 4.02. The van der Waals surface area contributed by atoms with Crippen LogP contribution < -0.4 is 10.6 Å². The van der Waals surface area contributed by atoms with Crippen LogP contribution in [0.2, 0.25) is 5.02 Å². The molecule has 4 rings (SSSR count). The van der Waals surface area contributed by atoms with Crippen LogP contribution in [0.5, 0.6) is 0 Å². The first-order chi connectivity index (χ1) is 14.4. The number of hydrogen-bond donors (Lipinski definition) is 3. The number of amides is 1. The maximum absolute atomic E-state index is 14.7. The number of halogens is 4. The van der Waals surface area contributed by atoms with Crippen LogP contribution in [0.15, 0.2) is 42.6 Å². The SMILES string of the molecule is O=C(N[C@@H]1CNCC[C@H]1c1ccc(F)c(F)c1)c1c(F)cc(-c2ccn[nH]2)cc1Cl. The van der Waals surface area contributed by atoms with E-state index in [0.717, 1.165) is 12.1 Å². The van der Waals surface area contributed by atoms with Crippen molar-refractivity contribution in [2.24, 2.45) is 0 Å². The number of nitrogens with one attached hydrogen (secondary N) is 3. The largest absolute Gasteiger partial charge is 0.347 e. The number of H-pyrrole nitrogens is 1. The minimum absolute atomic E-state index is 0.0368. The number of aromatic nitrogens is 2. The minimum Gasteiger partial charge on any atom is -0.347 e. The van der Waals surface area contributed by atoms with Crippen molar-refractivity contribution < 1.29 is 18.0 Å². The van der Waals surface area contributed by atoms with Crippen LogP contribution >= 0.6 is 11.6 Å². The zero-order valence-electron chi connectivity index (χ0n) is 15.7. The molecule has 1 fully saturated rings. The molecular formula is C21H18ClF3N4O. The summed E-state index contributed by atoms with van der Waals surface area (Å²) >= 11 is 6.21. The lowest BCUT2D eigenvalue weighted by Gasteiger charge is -2.33. The van der Waals surface area contributed by atoms with Crippen molar-refractivity contribution in [2.45, 2.75) is 18.4 Å². The number of carbonyl (C=O) groups excluding carboxylic acids is 1. The van der Waals surface area contributed by atoms with Crippen molar-refractivity contribution in [3.63, 3.8) is 0 Å². The van der Waals surface area contributed by atoms with Gasteiger partial charge >= 0.3 is 0 Å². The molecule has 0 spiro atoms. The first-order valence-electron chi connectivity index (χ1n) is 9.39. The molecule has 9 heteroatoms. The van der Waals surface area contributed by atoms with Gasteiger partial charge in [-0.15, -0.1) is 0 Å². The Balaban J connectivity index is 1.58. The molecule has 156 valence electrons. The highest BCUT2D eigenvalue weighted by atomic mass is 35.5. The van der Waals surface area contributed by atoms with Gasteiger partial charge in [-0.1, -0.05) is 17.7 Å². The van der Waals surface area contributed by atoms with Crippen molar-refractivity contribution >= 4 is 17.5 Å². The van der Waals surface area contributed by atoms with E-state index in [4.69, 9.17) is 11.6 Å². The minimum atomic E-state index is -0.945. The lowest BCUT2D eigenvalue weighted by molar-refractivity contribution is 0.0920. The average Bonchev–Trinajstić information content (AvgIpc) is 3.25. The molecule has 1 saturated heterocycles. The number of benzene rings is 2. The first kappa shape index (κ1) is 20.4. The molecule has 3 N–H and O–H groups in total. The van der Waals surface area contributed by atoms with E-state index in [-0.39, 0.29) is 16.5 Å². The second-order valence-corrected chi connectivity index (χ2v) is 7.55. The van der Waals surface area contributed by atoms with Gasteiger partial charge in [-0.3, -0.25) is 9.89 Å². The van der Waals surface area contributed by atoms with E-state index in [9.17, 15) is 18.0 Å². The molecule has 1 amide bonds. The number of carbonyl (C=O) groups is 1. The monoisotopic (exact) mass is 434 g/mol. The molecule has 2 heterocycles. The second kappa shape index (κ2) is 8.49. The van der Waals surface area contributed by atoms with Crippen molar-refractivity contribution in [2.75, 3.05) is 13.1 Å². The fourth-order valence-corrected chi connectivity index (χ4v) is 4.05. The van der Waals surface area contributed by atoms with Gasteiger partial charge in [0.25, 0.3) is 5.91 Å². The summed E-state index contributed by atoms with van der Waals surface area (Å²) in [6.45, 7) is 1.06. The predicted molar refractivity (Wildman–Crippen MR) is 107 cm³/mol. The molecule has 1 aliphatic rings. The number of aromatic amines is 1. The molecule has 3 aromatic rings. The molecule has 5 nitrogen and oxygen atoms in total. The zero-order valence-corrected chi connectivity index (χ0v) is 16.4. The number of piperidine rings is 1. The topological polar surface area (TPSA) is 69.8 Å². The van der Waals surface area contributed by atoms with Gasteiger partial charge in [0.2, 0.25) is 0 Å². The molecule has 0 saturated carbocycles. The Labute approximate surface area is 175 Å². The summed E-state index contributed by atoms with van der Waals surface area (Å²) < 4.78 is 41.7. The summed E-state index contributed by atoms with van der Waals surface area (Å²) in [5.74, 6) is -3.57. The van der Waals surface area contributed by atoms with Gasteiger partial charge in [-0.2, -0.15) is 5.10 Å². The van der Waals surface area contributed by atoms with E-state index < -0.39 is 29.4 Å². The quantitative estimate of drug-likeness (QED) is 0.581. The molecule has 0 aliphatic carbocycles. The molecule has 2 atom stereocenters. The Hall–Kier alpha value is -2.84. The van der Waals surface area contributed by atoms with E-state index in [1.54, 1.807) is 6.07 Å². The standard InChI is InChI=1S/C21H18ClF3N4O/c22-14-7-12(18-4-6-27-29-18)9-17(25)20(14)21(30)28-19-10-26-5-3-13(19)11-1-2-15(23)16(24)8-11/h1-2,4,6-9,13,19,26H,3,5,10H2,(H,27,29)(H,28,30)/t13-,19+/m0/s1. The van der Waals surface area contributed by atoms with Crippen LogP contribution in [0, 0.1) is 17.5 Å². The smallest absolute Gasteiger partial charge is 0.256 e. The molecule has 30 heavy (non-hydrogen) atoms. The maximum atomic E-state index is 14.7. The van der Waals surface area contributed by atoms with E-state index in [0.29, 0.717) is 36.3 Å². The third-order valence-corrected chi connectivity index (χ3v) is 5.55. The highest BCUT2D eigenvalue weighted by Crippen LogP contribution is 2.30. The lowest BCUT2D eigenvalue weighted by Crippen LogP contribution is -2.50.